The highest BCUT2D eigenvalue weighted by Crippen LogP contribution is 2.34. The van der Waals surface area contributed by atoms with Gasteiger partial charge in [0, 0.05) is 36.6 Å². The van der Waals surface area contributed by atoms with Gasteiger partial charge in [-0.05, 0) is 17.7 Å². The number of hydrogen-bond acceptors (Lipinski definition) is 5. The molecule has 0 unspecified atom stereocenters. The Morgan fingerprint density at radius 2 is 2.23 bits per heavy atom. The van der Waals surface area contributed by atoms with Gasteiger partial charge in [-0.1, -0.05) is 0 Å². The summed E-state index contributed by atoms with van der Waals surface area (Å²) >= 11 is 7.84. The minimum Gasteiger partial charge on any atom is -0.346 e. The molecular weight excluding hydrogens is 320 g/mol. The zero-order valence-electron chi connectivity index (χ0n) is 11.8. The maximum Gasteiger partial charge on any atom is 0.202 e. The lowest BCUT2D eigenvalue weighted by Crippen LogP contribution is -2.24. The van der Waals surface area contributed by atoms with Gasteiger partial charge in [-0.3, -0.25) is 0 Å². The third kappa shape index (κ3) is 2.17. The van der Waals surface area contributed by atoms with Gasteiger partial charge < -0.3 is 14.5 Å². The van der Waals surface area contributed by atoms with Crippen LogP contribution in [0.15, 0.2) is 31.0 Å². The molecule has 0 fully saturated rings. The van der Waals surface area contributed by atoms with E-state index in [0.717, 1.165) is 39.7 Å². The van der Waals surface area contributed by atoms with Crippen LogP contribution in [-0.2, 0) is 7.05 Å². The Kier molecular flexibility index (Phi) is 3.31. The van der Waals surface area contributed by atoms with Gasteiger partial charge in [0.2, 0.25) is 5.28 Å². The molecule has 8 heteroatoms. The normalized spacial score (nSPS) is 15.4. The van der Waals surface area contributed by atoms with E-state index >= 15 is 0 Å². The van der Waals surface area contributed by atoms with Crippen molar-refractivity contribution >= 4 is 45.1 Å². The molecular formula is C14H13ClN6S. The van der Waals surface area contributed by atoms with Gasteiger partial charge in [0.05, 0.1) is 17.3 Å². The topological polar surface area (TPSA) is 62.6 Å². The lowest BCUT2D eigenvalue weighted by Gasteiger charge is -2.26. The minimum atomic E-state index is 0.490. The molecule has 0 saturated carbocycles. The quantitative estimate of drug-likeness (QED) is 0.781. The average molecular weight is 333 g/mol. The highest BCUT2D eigenvalue weighted by atomic mass is 35.5. The molecule has 112 valence electrons. The lowest BCUT2D eigenvalue weighted by molar-refractivity contribution is 0.898. The van der Waals surface area contributed by atoms with Gasteiger partial charge in [0.15, 0.2) is 0 Å². The van der Waals surface area contributed by atoms with E-state index in [0.29, 0.717) is 5.28 Å². The minimum absolute atomic E-state index is 0.490. The van der Waals surface area contributed by atoms with Crippen LogP contribution in [0.4, 0.5) is 5.82 Å². The van der Waals surface area contributed by atoms with Crippen molar-refractivity contribution in [2.24, 2.45) is 7.05 Å². The second-order valence-corrected chi connectivity index (χ2v) is 6.42. The second-order valence-electron chi connectivity index (χ2n) is 4.94. The summed E-state index contributed by atoms with van der Waals surface area (Å²) in [5.74, 6) is 1.89. The Balaban J connectivity index is 1.78. The van der Waals surface area contributed by atoms with Crippen LogP contribution >= 0.6 is 23.4 Å². The molecule has 0 aromatic carbocycles. The summed E-state index contributed by atoms with van der Waals surface area (Å²) in [7, 11) is 1.92. The molecule has 1 aliphatic rings. The molecule has 0 saturated heterocycles. The summed E-state index contributed by atoms with van der Waals surface area (Å²) in [6.07, 6.45) is 7.38. The van der Waals surface area contributed by atoms with Crippen LogP contribution in [0.25, 0.3) is 15.9 Å². The first-order valence-electron chi connectivity index (χ1n) is 6.81. The van der Waals surface area contributed by atoms with Crippen LogP contribution in [0, 0.1) is 0 Å². The summed E-state index contributed by atoms with van der Waals surface area (Å²) < 4.78 is 1.88. The van der Waals surface area contributed by atoms with E-state index in [2.05, 4.69) is 31.0 Å². The molecule has 4 heterocycles. The van der Waals surface area contributed by atoms with E-state index in [-0.39, 0.29) is 0 Å². The second kappa shape index (κ2) is 5.33. The molecule has 6 nitrogen and oxygen atoms in total. The maximum atomic E-state index is 6.04. The van der Waals surface area contributed by atoms with Crippen molar-refractivity contribution < 1.29 is 0 Å². The molecule has 0 radical (unpaired) electrons. The number of aromatic amines is 1. The third-order valence-corrected chi connectivity index (χ3v) is 5.02. The summed E-state index contributed by atoms with van der Waals surface area (Å²) in [6.45, 7) is 0.900. The molecule has 0 spiro atoms. The standard InChI is InChI=1S/C14H13ClN6S/c1-20-10(6-17-14(20)15)11-7-21(4-5-22-11)13-9-2-3-16-12(9)18-8-19-13/h2-3,6-8H,4-5H2,1H3,(H,16,18,19). The van der Waals surface area contributed by atoms with E-state index in [4.69, 9.17) is 11.6 Å². The molecule has 22 heavy (non-hydrogen) atoms. The Morgan fingerprint density at radius 3 is 3.05 bits per heavy atom. The van der Waals surface area contributed by atoms with Gasteiger partial charge in [0.1, 0.15) is 17.8 Å². The highest BCUT2D eigenvalue weighted by molar-refractivity contribution is 8.08. The number of imidazole rings is 1. The number of halogens is 1. The molecule has 1 aliphatic heterocycles. The molecule has 1 N–H and O–H groups in total. The van der Waals surface area contributed by atoms with Crippen molar-refractivity contribution in [2.75, 3.05) is 17.2 Å². The molecule has 0 aliphatic carbocycles. The number of fused-ring (bicyclic) bond motifs is 1. The SMILES string of the molecule is Cn1c(C2=CN(c3ncnc4[nH]ccc34)CCS2)cnc1Cl. The predicted molar refractivity (Wildman–Crippen MR) is 89.9 cm³/mol. The van der Waals surface area contributed by atoms with Gasteiger partial charge in [-0.2, -0.15) is 0 Å². The van der Waals surface area contributed by atoms with Crippen LogP contribution in [0.3, 0.4) is 0 Å². The van der Waals surface area contributed by atoms with E-state index < -0.39 is 0 Å². The first-order chi connectivity index (χ1) is 10.7. The van der Waals surface area contributed by atoms with Crippen molar-refractivity contribution in [3.63, 3.8) is 0 Å². The van der Waals surface area contributed by atoms with Gasteiger partial charge in [-0.15, -0.1) is 11.8 Å². The lowest BCUT2D eigenvalue weighted by atomic mass is 10.3. The Labute approximate surface area is 136 Å². The molecule has 0 atom stereocenters. The molecule has 3 aromatic heterocycles. The van der Waals surface area contributed by atoms with Crippen LogP contribution < -0.4 is 4.90 Å². The zero-order chi connectivity index (χ0) is 15.1. The molecule has 4 rings (SSSR count). The van der Waals surface area contributed by atoms with E-state index in [9.17, 15) is 0 Å². The van der Waals surface area contributed by atoms with Crippen molar-refractivity contribution in [3.8, 4) is 0 Å². The zero-order valence-corrected chi connectivity index (χ0v) is 13.4. The molecule has 0 bridgehead atoms. The summed E-state index contributed by atoms with van der Waals surface area (Å²) in [5, 5.41) is 1.51. The van der Waals surface area contributed by atoms with Crippen LogP contribution in [0.5, 0.6) is 0 Å². The fraction of sp³-hybridized carbons (Fsp3) is 0.214. The summed E-state index contributed by atoms with van der Waals surface area (Å²) in [6, 6.07) is 2.00. The number of aromatic nitrogens is 5. The van der Waals surface area contributed by atoms with Gasteiger partial charge in [-0.25, -0.2) is 15.0 Å². The predicted octanol–water partition coefficient (Wildman–Crippen LogP) is 2.90. The van der Waals surface area contributed by atoms with Crippen LogP contribution in [0.2, 0.25) is 5.28 Å². The van der Waals surface area contributed by atoms with E-state index in [1.54, 1.807) is 24.3 Å². The van der Waals surface area contributed by atoms with Crippen molar-refractivity contribution in [2.45, 2.75) is 0 Å². The smallest absolute Gasteiger partial charge is 0.202 e. The van der Waals surface area contributed by atoms with E-state index in [1.165, 1.54) is 0 Å². The van der Waals surface area contributed by atoms with Crippen LogP contribution in [-0.4, -0.2) is 36.8 Å². The third-order valence-electron chi connectivity index (χ3n) is 3.65. The highest BCUT2D eigenvalue weighted by Gasteiger charge is 2.19. The van der Waals surface area contributed by atoms with Crippen molar-refractivity contribution in [1.82, 2.24) is 24.5 Å². The largest absolute Gasteiger partial charge is 0.346 e. The van der Waals surface area contributed by atoms with Crippen LogP contribution in [0.1, 0.15) is 5.69 Å². The fourth-order valence-electron chi connectivity index (χ4n) is 2.51. The average Bonchev–Trinajstić information content (AvgIpc) is 3.15. The fourth-order valence-corrected chi connectivity index (χ4v) is 3.69. The Hall–Kier alpha value is -1.99. The van der Waals surface area contributed by atoms with Crippen molar-refractivity contribution in [1.29, 1.82) is 0 Å². The number of rotatable bonds is 2. The summed E-state index contributed by atoms with van der Waals surface area (Å²) in [4.78, 5) is 19.3. The Bertz CT molecular complexity index is 867. The van der Waals surface area contributed by atoms with Gasteiger partial charge >= 0.3 is 0 Å². The first-order valence-corrected chi connectivity index (χ1v) is 8.17. The van der Waals surface area contributed by atoms with Gasteiger partial charge in [0.25, 0.3) is 0 Å². The number of nitrogens with zero attached hydrogens (tertiary/aromatic N) is 5. The number of hydrogen-bond donors (Lipinski definition) is 1. The Morgan fingerprint density at radius 1 is 1.32 bits per heavy atom. The number of thioether (sulfide) groups is 1. The molecule has 0 amide bonds. The summed E-state index contributed by atoms with van der Waals surface area (Å²) in [5.41, 5.74) is 1.86. The maximum absolute atomic E-state index is 6.04. The number of H-pyrrole nitrogens is 1. The number of anilines is 1. The van der Waals surface area contributed by atoms with E-state index in [1.807, 2.05) is 23.9 Å². The monoisotopic (exact) mass is 332 g/mol. The van der Waals surface area contributed by atoms with Crippen molar-refractivity contribution in [3.05, 3.63) is 42.0 Å². The number of nitrogens with one attached hydrogen (secondary N) is 1. The molecule has 3 aromatic rings. The first kappa shape index (κ1) is 13.7.